The molecule has 0 fully saturated rings. The molecule has 2 aromatic rings. The summed E-state index contributed by atoms with van der Waals surface area (Å²) >= 11 is 0. The zero-order chi connectivity index (χ0) is 21.7. The van der Waals surface area contributed by atoms with Crippen LogP contribution in [-0.4, -0.2) is 28.3 Å². The smallest absolute Gasteiger partial charge is 0.264 e. The average molecular weight is 439 g/mol. The first-order chi connectivity index (χ1) is 13.5. The van der Waals surface area contributed by atoms with E-state index in [0.717, 1.165) is 11.1 Å². The molecule has 29 heavy (non-hydrogen) atoms. The molecule has 156 valence electrons. The summed E-state index contributed by atoms with van der Waals surface area (Å²) in [6, 6.07) is 12.2. The highest BCUT2D eigenvalue weighted by atomic mass is 32.2. The molecule has 0 bridgehead atoms. The van der Waals surface area contributed by atoms with Gasteiger partial charge in [-0.15, -0.1) is 0 Å². The van der Waals surface area contributed by atoms with E-state index in [-0.39, 0.29) is 27.6 Å². The monoisotopic (exact) mass is 438 g/mol. The number of nitrogens with zero attached hydrogens (tertiary/aromatic N) is 2. The highest BCUT2D eigenvalue weighted by Crippen LogP contribution is 2.15. The highest BCUT2D eigenvalue weighted by molar-refractivity contribution is 7.87. The van der Waals surface area contributed by atoms with Gasteiger partial charge in [-0.05, 0) is 51.5 Å². The predicted molar refractivity (Wildman–Crippen MR) is 110 cm³/mol. The SMILES string of the molecule is CCC(=NOS(=O)(=O)c1ccc(C)cc1)C(C)=NOS(=O)(=O)c1ccc(C)cc1. The van der Waals surface area contributed by atoms with Crippen molar-refractivity contribution in [1.29, 1.82) is 0 Å². The summed E-state index contributed by atoms with van der Waals surface area (Å²) in [5.74, 6) is 0. The van der Waals surface area contributed by atoms with Gasteiger partial charge in [-0.25, -0.2) is 0 Å². The molecule has 0 aliphatic rings. The van der Waals surface area contributed by atoms with E-state index in [2.05, 4.69) is 10.3 Å². The van der Waals surface area contributed by atoms with E-state index in [1.54, 1.807) is 31.2 Å². The van der Waals surface area contributed by atoms with Gasteiger partial charge in [0.1, 0.15) is 21.2 Å². The Balaban J connectivity index is 2.17. The van der Waals surface area contributed by atoms with Crippen molar-refractivity contribution in [3.05, 3.63) is 59.7 Å². The van der Waals surface area contributed by atoms with Gasteiger partial charge in [-0.1, -0.05) is 52.6 Å². The van der Waals surface area contributed by atoms with E-state index in [4.69, 9.17) is 8.57 Å². The molecule has 8 nitrogen and oxygen atoms in total. The quantitative estimate of drug-likeness (QED) is 0.460. The summed E-state index contributed by atoms with van der Waals surface area (Å²) in [6.07, 6.45) is 0.243. The van der Waals surface area contributed by atoms with Crippen molar-refractivity contribution in [2.75, 3.05) is 0 Å². The zero-order valence-corrected chi connectivity index (χ0v) is 18.1. The first-order valence-electron chi connectivity index (χ1n) is 8.67. The molecule has 0 saturated carbocycles. The summed E-state index contributed by atoms with van der Waals surface area (Å²) < 4.78 is 58.3. The maximum Gasteiger partial charge on any atom is 0.358 e. The fourth-order valence-corrected chi connectivity index (χ4v) is 3.64. The van der Waals surface area contributed by atoms with Crippen LogP contribution in [0.2, 0.25) is 0 Å². The van der Waals surface area contributed by atoms with Crippen LogP contribution >= 0.6 is 0 Å². The van der Waals surface area contributed by atoms with E-state index in [0.29, 0.717) is 0 Å². The maximum atomic E-state index is 12.2. The number of hydrogen-bond acceptors (Lipinski definition) is 8. The number of hydrogen-bond donors (Lipinski definition) is 0. The summed E-state index contributed by atoms with van der Waals surface area (Å²) in [4.78, 5) is -0.0945. The fraction of sp³-hybridized carbons (Fsp3) is 0.263. The second-order valence-electron chi connectivity index (χ2n) is 6.25. The molecule has 0 radical (unpaired) electrons. The lowest BCUT2D eigenvalue weighted by Crippen LogP contribution is -2.14. The molecule has 0 heterocycles. The molecule has 0 N–H and O–H groups in total. The Morgan fingerprint density at radius 2 is 1.14 bits per heavy atom. The van der Waals surface area contributed by atoms with Gasteiger partial charge >= 0.3 is 20.2 Å². The van der Waals surface area contributed by atoms with Crippen LogP contribution in [0.5, 0.6) is 0 Å². The Hall–Kier alpha value is -2.72. The molecule has 10 heteroatoms. The van der Waals surface area contributed by atoms with Crippen LogP contribution in [0.4, 0.5) is 0 Å². The molecule has 0 aliphatic heterocycles. The van der Waals surface area contributed by atoms with Gasteiger partial charge < -0.3 is 0 Å². The van der Waals surface area contributed by atoms with Gasteiger partial charge in [-0.2, -0.15) is 16.8 Å². The van der Waals surface area contributed by atoms with Crippen LogP contribution in [0, 0.1) is 13.8 Å². The topological polar surface area (TPSA) is 111 Å². The number of aryl methyl sites for hydroxylation is 2. The second kappa shape index (κ2) is 9.19. The Morgan fingerprint density at radius 1 is 0.759 bits per heavy atom. The standard InChI is InChI=1S/C19H22N2O6S2/c1-5-19(21-27-29(24,25)18-12-8-15(3)9-13-18)16(4)20-26-28(22,23)17-10-6-14(2)7-11-17/h6-13H,5H2,1-4H3. The minimum atomic E-state index is -4.11. The second-order valence-corrected chi connectivity index (χ2v) is 9.31. The van der Waals surface area contributed by atoms with E-state index in [9.17, 15) is 16.8 Å². The van der Waals surface area contributed by atoms with E-state index in [1.807, 2.05) is 13.8 Å². The third-order valence-corrected chi connectivity index (χ3v) is 6.13. The van der Waals surface area contributed by atoms with Crippen molar-refractivity contribution in [2.24, 2.45) is 10.3 Å². The number of oxime groups is 2. The van der Waals surface area contributed by atoms with Crippen molar-refractivity contribution in [1.82, 2.24) is 0 Å². The molecular weight excluding hydrogens is 416 g/mol. The van der Waals surface area contributed by atoms with Gasteiger partial charge in [0.15, 0.2) is 0 Å². The number of benzene rings is 2. The molecule has 0 aliphatic carbocycles. The van der Waals surface area contributed by atoms with Gasteiger partial charge in [0, 0.05) is 0 Å². The average Bonchev–Trinajstić information content (AvgIpc) is 2.67. The molecule has 2 rings (SSSR count). The minimum Gasteiger partial charge on any atom is -0.264 e. The summed E-state index contributed by atoms with van der Waals surface area (Å²) in [5, 5.41) is 7.19. The minimum absolute atomic E-state index is 0.0462. The first-order valence-corrected chi connectivity index (χ1v) is 11.5. The predicted octanol–water partition coefficient (Wildman–Crippen LogP) is 3.56. The third-order valence-electron chi connectivity index (χ3n) is 3.89. The van der Waals surface area contributed by atoms with E-state index < -0.39 is 20.2 Å². The molecule has 0 aromatic heterocycles. The van der Waals surface area contributed by atoms with Gasteiger partial charge in [0.05, 0.1) is 0 Å². The first kappa shape index (κ1) is 22.6. The lowest BCUT2D eigenvalue weighted by molar-refractivity contribution is 0.333. The van der Waals surface area contributed by atoms with Crippen molar-refractivity contribution in [2.45, 2.75) is 43.9 Å². The van der Waals surface area contributed by atoms with Crippen LogP contribution < -0.4 is 0 Å². The molecule has 0 saturated heterocycles. The number of rotatable bonds is 8. The van der Waals surface area contributed by atoms with E-state index in [1.165, 1.54) is 31.2 Å². The maximum absolute atomic E-state index is 12.2. The largest absolute Gasteiger partial charge is 0.358 e. The molecule has 0 atom stereocenters. The van der Waals surface area contributed by atoms with Gasteiger partial charge in [0.25, 0.3) is 0 Å². The van der Waals surface area contributed by atoms with Gasteiger partial charge in [0.2, 0.25) is 0 Å². The zero-order valence-electron chi connectivity index (χ0n) is 16.5. The summed E-state index contributed by atoms with van der Waals surface area (Å²) in [6.45, 7) is 6.78. The van der Waals surface area contributed by atoms with Crippen molar-refractivity contribution >= 4 is 31.7 Å². The molecule has 0 spiro atoms. The van der Waals surface area contributed by atoms with Crippen LogP contribution in [0.1, 0.15) is 31.4 Å². The Morgan fingerprint density at radius 3 is 1.52 bits per heavy atom. The Labute approximate surface area is 171 Å². The molecule has 0 unspecified atom stereocenters. The van der Waals surface area contributed by atoms with Crippen molar-refractivity contribution in [3.63, 3.8) is 0 Å². The van der Waals surface area contributed by atoms with Crippen LogP contribution in [0.3, 0.4) is 0 Å². The molecular formula is C19H22N2O6S2. The van der Waals surface area contributed by atoms with Gasteiger partial charge in [-0.3, -0.25) is 8.57 Å². The third kappa shape index (κ3) is 6.13. The van der Waals surface area contributed by atoms with Crippen LogP contribution in [0.15, 0.2) is 68.6 Å². The Kier molecular flexibility index (Phi) is 7.15. The van der Waals surface area contributed by atoms with E-state index >= 15 is 0 Å². The van der Waals surface area contributed by atoms with Crippen LogP contribution in [0.25, 0.3) is 0 Å². The van der Waals surface area contributed by atoms with Crippen LogP contribution in [-0.2, 0) is 28.8 Å². The summed E-state index contributed by atoms with van der Waals surface area (Å²) in [5.41, 5.74) is 2.00. The highest BCUT2D eigenvalue weighted by Gasteiger charge is 2.18. The molecule has 2 aromatic carbocycles. The fourth-order valence-electron chi connectivity index (χ4n) is 2.13. The lowest BCUT2D eigenvalue weighted by Gasteiger charge is -2.06. The van der Waals surface area contributed by atoms with Crippen molar-refractivity contribution in [3.8, 4) is 0 Å². The van der Waals surface area contributed by atoms with Crippen molar-refractivity contribution < 1.29 is 25.4 Å². The summed E-state index contributed by atoms with van der Waals surface area (Å²) in [7, 11) is -8.21. The normalized spacial score (nSPS) is 13.2. The lowest BCUT2D eigenvalue weighted by atomic mass is 10.2. The Bertz CT molecular complexity index is 1120. The molecule has 0 amide bonds.